The molecule has 0 spiro atoms. The molecule has 2 heteroatoms. The van der Waals surface area contributed by atoms with Gasteiger partial charge in [-0.25, -0.2) is 0 Å². The number of benzene rings is 2. The van der Waals surface area contributed by atoms with E-state index < -0.39 is 0 Å². The van der Waals surface area contributed by atoms with Gasteiger partial charge in [-0.1, -0.05) is 60.7 Å². The van der Waals surface area contributed by atoms with Gasteiger partial charge in [0.25, 0.3) is 0 Å². The number of carbonyl (C=O) groups excluding carboxylic acids is 1. The summed E-state index contributed by atoms with van der Waals surface area (Å²) >= 11 is 0. The standard InChI is InChI=1S/C16H15O2/c1-18-16(17)15(14-10-6-3-7-11-14)12-13-8-4-2-5-9-13/h2-11H,12H2,1H3. The van der Waals surface area contributed by atoms with Crippen LogP contribution < -0.4 is 0 Å². The van der Waals surface area contributed by atoms with Crippen molar-refractivity contribution in [1.82, 2.24) is 0 Å². The van der Waals surface area contributed by atoms with Crippen LogP contribution in [0.1, 0.15) is 11.1 Å². The SMILES string of the molecule is COC(=O)[C](Cc1ccccc1)c1ccccc1. The van der Waals surface area contributed by atoms with Crippen LogP contribution in [0.2, 0.25) is 0 Å². The smallest absolute Gasteiger partial charge is 0.318 e. The molecule has 0 aromatic heterocycles. The molecular formula is C16H15O2. The Kier molecular flexibility index (Phi) is 4.13. The van der Waals surface area contributed by atoms with Crippen molar-refractivity contribution in [2.45, 2.75) is 6.42 Å². The van der Waals surface area contributed by atoms with E-state index >= 15 is 0 Å². The van der Waals surface area contributed by atoms with Gasteiger partial charge in [0.1, 0.15) is 5.92 Å². The molecule has 0 aliphatic heterocycles. The number of carbonyl (C=O) groups is 1. The first-order valence-corrected chi connectivity index (χ1v) is 5.84. The highest BCUT2D eigenvalue weighted by Gasteiger charge is 2.22. The summed E-state index contributed by atoms with van der Waals surface area (Å²) in [5, 5.41) is 0. The van der Waals surface area contributed by atoms with Gasteiger partial charge in [0.15, 0.2) is 0 Å². The molecule has 0 atom stereocenters. The highest BCUT2D eigenvalue weighted by atomic mass is 16.5. The van der Waals surface area contributed by atoms with Crippen LogP contribution in [-0.2, 0) is 16.0 Å². The van der Waals surface area contributed by atoms with Gasteiger partial charge in [0, 0.05) is 0 Å². The molecule has 0 N–H and O–H groups in total. The van der Waals surface area contributed by atoms with Gasteiger partial charge in [0.2, 0.25) is 0 Å². The predicted molar refractivity (Wildman–Crippen MR) is 70.9 cm³/mol. The van der Waals surface area contributed by atoms with E-state index in [1.807, 2.05) is 60.7 Å². The Balaban J connectivity index is 2.24. The lowest BCUT2D eigenvalue weighted by Crippen LogP contribution is -2.17. The molecule has 0 saturated heterocycles. The van der Waals surface area contributed by atoms with Crippen LogP contribution >= 0.6 is 0 Å². The largest absolute Gasteiger partial charge is 0.468 e. The van der Waals surface area contributed by atoms with E-state index in [9.17, 15) is 4.79 Å². The van der Waals surface area contributed by atoms with Gasteiger partial charge >= 0.3 is 5.97 Å². The van der Waals surface area contributed by atoms with E-state index in [1.54, 1.807) is 0 Å². The number of ether oxygens (including phenoxy) is 1. The molecule has 2 aromatic rings. The van der Waals surface area contributed by atoms with E-state index in [1.165, 1.54) is 7.11 Å². The second-order valence-corrected chi connectivity index (χ2v) is 4.00. The summed E-state index contributed by atoms with van der Waals surface area (Å²) < 4.78 is 4.86. The number of esters is 1. The lowest BCUT2D eigenvalue weighted by Gasteiger charge is -2.14. The Morgan fingerprint density at radius 3 is 2.06 bits per heavy atom. The third kappa shape index (κ3) is 2.98. The molecule has 0 unspecified atom stereocenters. The summed E-state index contributed by atoms with van der Waals surface area (Å²) in [6, 6.07) is 19.5. The summed E-state index contributed by atoms with van der Waals surface area (Å²) in [6.07, 6.45) is 0.581. The van der Waals surface area contributed by atoms with Crippen LogP contribution in [-0.4, -0.2) is 13.1 Å². The summed E-state index contributed by atoms with van der Waals surface area (Å²) in [5.74, 6) is 0.411. The van der Waals surface area contributed by atoms with Crippen LogP contribution in [0.4, 0.5) is 0 Å². The minimum Gasteiger partial charge on any atom is -0.468 e. The maximum absolute atomic E-state index is 11.9. The first kappa shape index (κ1) is 12.4. The molecule has 91 valence electrons. The summed E-state index contributed by atoms with van der Waals surface area (Å²) in [7, 11) is 1.41. The lowest BCUT2D eigenvalue weighted by molar-refractivity contribution is -0.138. The van der Waals surface area contributed by atoms with Crippen LogP contribution in [0.3, 0.4) is 0 Å². The molecule has 0 saturated carbocycles. The first-order valence-electron chi connectivity index (χ1n) is 5.84. The van der Waals surface area contributed by atoms with Crippen LogP contribution in [0.5, 0.6) is 0 Å². The minimum atomic E-state index is -0.273. The third-order valence-electron chi connectivity index (χ3n) is 2.78. The topological polar surface area (TPSA) is 26.3 Å². The number of rotatable bonds is 4. The molecule has 0 amide bonds. The van der Waals surface area contributed by atoms with Gasteiger partial charge in [0.05, 0.1) is 7.11 Å². The minimum absolute atomic E-state index is 0.273. The molecule has 2 nitrogen and oxygen atoms in total. The van der Waals surface area contributed by atoms with Gasteiger partial charge < -0.3 is 4.74 Å². The van der Waals surface area contributed by atoms with E-state index in [2.05, 4.69) is 0 Å². The molecule has 0 aliphatic rings. The van der Waals surface area contributed by atoms with Crippen molar-refractivity contribution in [2.75, 3.05) is 7.11 Å². The van der Waals surface area contributed by atoms with Crippen molar-refractivity contribution in [1.29, 1.82) is 0 Å². The normalized spacial score (nSPS) is 10.3. The highest BCUT2D eigenvalue weighted by molar-refractivity contribution is 5.89. The molecule has 0 heterocycles. The van der Waals surface area contributed by atoms with Crippen LogP contribution in [0, 0.1) is 5.92 Å². The highest BCUT2D eigenvalue weighted by Crippen LogP contribution is 2.21. The number of hydrogen-bond acceptors (Lipinski definition) is 2. The fourth-order valence-corrected chi connectivity index (χ4v) is 1.85. The Morgan fingerprint density at radius 2 is 1.50 bits per heavy atom. The number of hydrogen-bond donors (Lipinski definition) is 0. The van der Waals surface area contributed by atoms with Gasteiger partial charge in [-0.05, 0) is 17.5 Å². The maximum atomic E-state index is 11.9. The van der Waals surface area contributed by atoms with Crippen molar-refractivity contribution >= 4 is 5.97 Å². The Labute approximate surface area is 107 Å². The van der Waals surface area contributed by atoms with Gasteiger partial charge in [-0.15, -0.1) is 0 Å². The summed E-state index contributed by atoms with van der Waals surface area (Å²) in [4.78, 5) is 11.9. The zero-order valence-corrected chi connectivity index (χ0v) is 10.3. The molecule has 0 fully saturated rings. The zero-order valence-electron chi connectivity index (χ0n) is 10.3. The van der Waals surface area contributed by atoms with E-state index in [-0.39, 0.29) is 5.97 Å². The number of methoxy groups -OCH3 is 1. The quantitative estimate of drug-likeness (QED) is 0.767. The van der Waals surface area contributed by atoms with Crippen molar-refractivity contribution in [3.05, 3.63) is 77.7 Å². The van der Waals surface area contributed by atoms with Crippen molar-refractivity contribution in [3.8, 4) is 0 Å². The summed E-state index contributed by atoms with van der Waals surface area (Å²) in [5.41, 5.74) is 2.01. The van der Waals surface area contributed by atoms with Crippen LogP contribution in [0.25, 0.3) is 0 Å². The average Bonchev–Trinajstić information content (AvgIpc) is 2.46. The van der Waals surface area contributed by atoms with Crippen molar-refractivity contribution in [2.24, 2.45) is 0 Å². The van der Waals surface area contributed by atoms with Gasteiger partial charge in [-0.3, -0.25) is 4.79 Å². The average molecular weight is 239 g/mol. The zero-order chi connectivity index (χ0) is 12.8. The third-order valence-corrected chi connectivity index (χ3v) is 2.78. The van der Waals surface area contributed by atoms with Gasteiger partial charge in [-0.2, -0.15) is 0 Å². The van der Waals surface area contributed by atoms with E-state index in [0.717, 1.165) is 11.1 Å². The fourth-order valence-electron chi connectivity index (χ4n) is 1.85. The Morgan fingerprint density at radius 1 is 0.944 bits per heavy atom. The Bertz CT molecular complexity index is 491. The molecule has 2 aromatic carbocycles. The first-order chi connectivity index (χ1) is 8.81. The van der Waals surface area contributed by atoms with E-state index in [0.29, 0.717) is 12.3 Å². The second-order valence-electron chi connectivity index (χ2n) is 4.00. The van der Waals surface area contributed by atoms with E-state index in [4.69, 9.17) is 4.74 Å². The molecule has 18 heavy (non-hydrogen) atoms. The molecule has 1 radical (unpaired) electrons. The second kappa shape index (κ2) is 6.01. The molecule has 2 rings (SSSR count). The molecule has 0 bridgehead atoms. The maximum Gasteiger partial charge on any atom is 0.318 e. The van der Waals surface area contributed by atoms with Crippen molar-refractivity contribution < 1.29 is 9.53 Å². The van der Waals surface area contributed by atoms with Crippen molar-refractivity contribution in [3.63, 3.8) is 0 Å². The summed E-state index contributed by atoms with van der Waals surface area (Å²) in [6.45, 7) is 0. The fraction of sp³-hybridized carbons (Fsp3) is 0.125. The van der Waals surface area contributed by atoms with Crippen LogP contribution in [0.15, 0.2) is 60.7 Å². The lowest BCUT2D eigenvalue weighted by atomic mass is 9.92. The Hall–Kier alpha value is -2.09. The molecule has 0 aliphatic carbocycles. The molecular weight excluding hydrogens is 224 g/mol. The predicted octanol–water partition coefficient (Wildman–Crippen LogP) is 3.02. The monoisotopic (exact) mass is 239 g/mol.